The molecule has 1 unspecified atom stereocenters. The molecule has 0 heterocycles. The van der Waals surface area contributed by atoms with Crippen LogP contribution in [0.3, 0.4) is 0 Å². The molecule has 1 aliphatic rings. The predicted octanol–water partition coefficient (Wildman–Crippen LogP) is -0.781. The van der Waals surface area contributed by atoms with Gasteiger partial charge >= 0.3 is 0 Å². The van der Waals surface area contributed by atoms with E-state index in [-0.39, 0.29) is 5.92 Å². The zero-order chi connectivity index (χ0) is 16.3. The van der Waals surface area contributed by atoms with Gasteiger partial charge in [-0.3, -0.25) is 8.37 Å². The van der Waals surface area contributed by atoms with Crippen molar-refractivity contribution in [3.05, 3.63) is 0 Å². The minimum Gasteiger partial charge on any atom is -0.388 e. The molecule has 1 aliphatic carbocycles. The SMILES string of the molecule is CS(=O)(=O)OC[C@H](O)[C@@H](O)C(OS(C)(=O)=O)C1CCCC1. The molecule has 3 atom stereocenters. The Labute approximate surface area is 125 Å². The summed E-state index contributed by atoms with van der Waals surface area (Å²) in [6, 6.07) is 0. The molecule has 126 valence electrons. The molecule has 8 nitrogen and oxygen atoms in total. The number of hydrogen-bond donors (Lipinski definition) is 2. The lowest BCUT2D eigenvalue weighted by molar-refractivity contribution is -0.0779. The van der Waals surface area contributed by atoms with E-state index in [4.69, 9.17) is 4.18 Å². The van der Waals surface area contributed by atoms with Crippen molar-refractivity contribution in [3.8, 4) is 0 Å². The van der Waals surface area contributed by atoms with Crippen molar-refractivity contribution >= 4 is 20.2 Å². The summed E-state index contributed by atoms with van der Waals surface area (Å²) in [5, 5.41) is 19.9. The van der Waals surface area contributed by atoms with Gasteiger partial charge < -0.3 is 10.2 Å². The van der Waals surface area contributed by atoms with Gasteiger partial charge in [0.2, 0.25) is 0 Å². The molecule has 0 amide bonds. The maximum absolute atomic E-state index is 11.3. The van der Waals surface area contributed by atoms with Crippen LogP contribution in [0, 0.1) is 5.92 Å². The highest BCUT2D eigenvalue weighted by atomic mass is 32.2. The first-order valence-electron chi connectivity index (χ1n) is 6.58. The van der Waals surface area contributed by atoms with Gasteiger partial charge in [-0.2, -0.15) is 16.8 Å². The summed E-state index contributed by atoms with van der Waals surface area (Å²) in [6.45, 7) is -0.656. The van der Waals surface area contributed by atoms with E-state index >= 15 is 0 Å². The van der Waals surface area contributed by atoms with Gasteiger partial charge in [0.25, 0.3) is 20.2 Å². The number of aliphatic hydroxyl groups excluding tert-OH is 2. The first-order valence-corrected chi connectivity index (χ1v) is 10.2. The highest BCUT2D eigenvalue weighted by Gasteiger charge is 2.38. The van der Waals surface area contributed by atoms with Crippen LogP contribution in [0.25, 0.3) is 0 Å². The summed E-state index contributed by atoms with van der Waals surface area (Å²) in [5.74, 6) is -0.206. The van der Waals surface area contributed by atoms with Gasteiger partial charge in [-0.25, -0.2) is 0 Å². The second-order valence-electron chi connectivity index (χ2n) is 5.36. The predicted molar refractivity (Wildman–Crippen MR) is 74.5 cm³/mol. The van der Waals surface area contributed by atoms with Crippen LogP contribution in [0.15, 0.2) is 0 Å². The summed E-state index contributed by atoms with van der Waals surface area (Å²) in [6.07, 6.45) is 0.577. The van der Waals surface area contributed by atoms with Crippen molar-refractivity contribution in [1.29, 1.82) is 0 Å². The lowest BCUT2D eigenvalue weighted by atomic mass is 9.94. The minimum absolute atomic E-state index is 0.206. The van der Waals surface area contributed by atoms with Crippen LogP contribution in [0.4, 0.5) is 0 Å². The molecule has 1 saturated carbocycles. The fourth-order valence-corrected chi connectivity index (χ4v) is 3.47. The van der Waals surface area contributed by atoms with Crippen LogP contribution < -0.4 is 0 Å². The Kier molecular flexibility index (Phi) is 6.56. The van der Waals surface area contributed by atoms with Gasteiger partial charge in [0.05, 0.1) is 19.1 Å². The summed E-state index contributed by atoms with van der Waals surface area (Å²) < 4.78 is 53.6. The lowest BCUT2D eigenvalue weighted by Crippen LogP contribution is -2.46. The van der Waals surface area contributed by atoms with Crippen LogP contribution in [0.5, 0.6) is 0 Å². The van der Waals surface area contributed by atoms with Crippen molar-refractivity contribution in [2.75, 3.05) is 19.1 Å². The zero-order valence-corrected chi connectivity index (χ0v) is 13.6. The Bertz CT molecular complexity index is 520. The number of hydrogen-bond acceptors (Lipinski definition) is 8. The topological polar surface area (TPSA) is 127 Å². The summed E-state index contributed by atoms with van der Waals surface area (Å²) in [5.41, 5.74) is 0. The second kappa shape index (κ2) is 7.34. The van der Waals surface area contributed by atoms with Crippen LogP contribution in [0.2, 0.25) is 0 Å². The van der Waals surface area contributed by atoms with Crippen molar-refractivity contribution in [2.45, 2.75) is 44.0 Å². The molecule has 0 aromatic heterocycles. The van der Waals surface area contributed by atoms with Crippen molar-refractivity contribution in [2.24, 2.45) is 5.92 Å². The Morgan fingerprint density at radius 1 is 1.05 bits per heavy atom. The molecule has 0 radical (unpaired) electrons. The van der Waals surface area contributed by atoms with E-state index in [1.54, 1.807) is 0 Å². The first-order chi connectivity index (χ1) is 9.49. The minimum atomic E-state index is -3.81. The van der Waals surface area contributed by atoms with E-state index < -0.39 is 45.2 Å². The van der Waals surface area contributed by atoms with Crippen molar-refractivity contribution in [1.82, 2.24) is 0 Å². The molecule has 0 aliphatic heterocycles. The van der Waals surface area contributed by atoms with E-state index in [0.29, 0.717) is 12.8 Å². The molecular weight excluding hydrogens is 324 g/mol. The summed E-state index contributed by atoms with van der Waals surface area (Å²) >= 11 is 0. The molecule has 2 N–H and O–H groups in total. The molecule has 0 saturated heterocycles. The molecule has 10 heteroatoms. The molecule has 0 spiro atoms. The third-order valence-corrected chi connectivity index (χ3v) is 4.47. The molecule has 1 rings (SSSR count). The van der Waals surface area contributed by atoms with Gasteiger partial charge in [-0.1, -0.05) is 12.8 Å². The molecule has 1 fully saturated rings. The Hall–Kier alpha value is -0.260. The highest BCUT2D eigenvalue weighted by Crippen LogP contribution is 2.32. The quantitative estimate of drug-likeness (QED) is 0.548. The van der Waals surface area contributed by atoms with Gasteiger partial charge in [-0.05, 0) is 18.8 Å². The largest absolute Gasteiger partial charge is 0.388 e. The normalized spacial score (nSPS) is 22.1. The zero-order valence-electron chi connectivity index (χ0n) is 12.0. The monoisotopic (exact) mass is 346 g/mol. The average Bonchev–Trinajstić information content (AvgIpc) is 2.83. The van der Waals surface area contributed by atoms with Crippen LogP contribution in [-0.2, 0) is 28.6 Å². The lowest BCUT2D eigenvalue weighted by Gasteiger charge is -2.29. The van der Waals surface area contributed by atoms with Crippen LogP contribution in [0.1, 0.15) is 25.7 Å². The van der Waals surface area contributed by atoms with Crippen LogP contribution in [-0.4, -0.2) is 64.5 Å². The van der Waals surface area contributed by atoms with E-state index in [0.717, 1.165) is 25.4 Å². The highest BCUT2D eigenvalue weighted by molar-refractivity contribution is 7.86. The number of rotatable bonds is 8. The molecule has 0 aromatic rings. The van der Waals surface area contributed by atoms with E-state index in [1.807, 2.05) is 0 Å². The van der Waals surface area contributed by atoms with Gasteiger partial charge in [0.15, 0.2) is 0 Å². The molecular formula is C11H22O8S2. The third kappa shape index (κ3) is 7.02. The van der Waals surface area contributed by atoms with Gasteiger partial charge in [0, 0.05) is 0 Å². The molecule has 21 heavy (non-hydrogen) atoms. The summed E-state index contributed by atoms with van der Waals surface area (Å²) in [4.78, 5) is 0. The van der Waals surface area contributed by atoms with Crippen LogP contribution >= 0.6 is 0 Å². The standard InChI is InChI=1S/C11H22O8S2/c1-20(14,15)18-7-9(12)10(13)11(19-21(2,16)17)8-5-3-4-6-8/h8-13H,3-7H2,1-2H3/t9-,10+,11?/m0/s1. The van der Waals surface area contributed by atoms with E-state index in [2.05, 4.69) is 4.18 Å². The fourth-order valence-electron chi connectivity index (χ4n) is 2.41. The van der Waals surface area contributed by atoms with Gasteiger partial charge in [0.1, 0.15) is 18.3 Å². The van der Waals surface area contributed by atoms with Crippen molar-refractivity contribution in [3.63, 3.8) is 0 Å². The fraction of sp³-hybridized carbons (Fsp3) is 1.00. The Morgan fingerprint density at radius 3 is 2.00 bits per heavy atom. The Morgan fingerprint density at radius 2 is 1.57 bits per heavy atom. The van der Waals surface area contributed by atoms with Crippen molar-refractivity contribution < 1.29 is 35.4 Å². The van der Waals surface area contributed by atoms with E-state index in [1.165, 1.54) is 0 Å². The number of aliphatic hydroxyl groups is 2. The average molecular weight is 346 g/mol. The smallest absolute Gasteiger partial charge is 0.264 e. The Balaban J connectivity index is 2.76. The maximum atomic E-state index is 11.3. The van der Waals surface area contributed by atoms with E-state index in [9.17, 15) is 27.0 Å². The molecule has 0 bridgehead atoms. The molecule has 0 aromatic carbocycles. The second-order valence-corrected chi connectivity index (χ2v) is 8.60. The maximum Gasteiger partial charge on any atom is 0.264 e. The third-order valence-electron chi connectivity index (χ3n) is 3.33. The first kappa shape index (κ1) is 18.8. The summed E-state index contributed by atoms with van der Waals surface area (Å²) in [7, 11) is -7.58. The van der Waals surface area contributed by atoms with Gasteiger partial charge in [-0.15, -0.1) is 0 Å².